The van der Waals surface area contributed by atoms with E-state index in [0.717, 1.165) is 31.0 Å². The van der Waals surface area contributed by atoms with Crippen LogP contribution in [0.3, 0.4) is 0 Å². The number of carbonyl (C=O) groups is 1. The highest BCUT2D eigenvalue weighted by Gasteiger charge is 2.28. The van der Waals surface area contributed by atoms with Gasteiger partial charge in [0, 0.05) is 47.9 Å². The summed E-state index contributed by atoms with van der Waals surface area (Å²) >= 11 is 0. The molecular weight excluding hydrogens is 710 g/mol. The third-order valence-electron chi connectivity index (χ3n) is 8.45. The van der Waals surface area contributed by atoms with Crippen LogP contribution in [-0.4, -0.2) is 59.1 Å². The molecule has 3 heterocycles. The average Bonchev–Trinajstić information content (AvgIpc) is 3.10. The van der Waals surface area contributed by atoms with Gasteiger partial charge in [0.2, 0.25) is 21.9 Å². The van der Waals surface area contributed by atoms with Crippen LogP contribution in [-0.2, 0) is 20.5 Å². The van der Waals surface area contributed by atoms with Gasteiger partial charge in [-0.05, 0) is 82.0 Å². The Morgan fingerprint density at radius 2 is 1.75 bits per heavy atom. The lowest BCUT2D eigenvalue weighted by Crippen LogP contribution is -2.47. The average molecular weight is 749 g/mol. The van der Waals surface area contributed by atoms with Crippen molar-refractivity contribution in [1.82, 2.24) is 19.9 Å². The van der Waals surface area contributed by atoms with Crippen LogP contribution >= 0.6 is 0 Å². The van der Waals surface area contributed by atoms with Gasteiger partial charge in [-0.3, -0.25) is 4.72 Å². The number of rotatable bonds is 10. The summed E-state index contributed by atoms with van der Waals surface area (Å²) in [5, 5.41) is 3.99. The zero-order chi connectivity index (χ0) is 37.9. The third kappa shape index (κ3) is 9.14. The summed E-state index contributed by atoms with van der Waals surface area (Å²) in [5.41, 5.74) is 0.856. The van der Waals surface area contributed by atoms with Gasteiger partial charge < -0.3 is 19.7 Å². The Kier molecular flexibility index (Phi) is 10.8. The standard InChI is InChI=1S/C38H39F3N6O5S/c1-23-9-14-27-28(15-16-30(39)32(27)46-53(49,50)22-24-10-12-25(13-11-24)34(40)41)33(23)51-35-29(8-5-18-42-35)31-17-19-43-36(45-31)44-26-7-6-20-47(21-26)37(48)52-38(2,3)4/h5,8-19,26,34,46H,6-7,20-22H2,1-4H3,(H,43,44,45)/t26-/m0/s1. The highest BCUT2D eigenvalue weighted by molar-refractivity contribution is 7.91. The summed E-state index contributed by atoms with van der Waals surface area (Å²) in [6, 6.07) is 15.9. The van der Waals surface area contributed by atoms with Crippen molar-refractivity contribution in [3.8, 4) is 22.9 Å². The van der Waals surface area contributed by atoms with Crippen LogP contribution in [0.15, 0.2) is 79.1 Å². The van der Waals surface area contributed by atoms with E-state index in [9.17, 15) is 22.0 Å². The quantitative estimate of drug-likeness (QED) is 0.144. The second-order valence-electron chi connectivity index (χ2n) is 13.8. The molecule has 1 atom stereocenters. The van der Waals surface area contributed by atoms with E-state index >= 15 is 4.39 Å². The molecule has 2 N–H and O–H groups in total. The molecule has 0 radical (unpaired) electrons. The monoisotopic (exact) mass is 748 g/mol. The van der Waals surface area contributed by atoms with Crippen molar-refractivity contribution in [3.05, 3.63) is 102 Å². The van der Waals surface area contributed by atoms with E-state index in [1.165, 1.54) is 18.2 Å². The number of piperidine rings is 1. The minimum absolute atomic E-state index is 0.104. The molecule has 15 heteroatoms. The number of pyridine rings is 1. The predicted octanol–water partition coefficient (Wildman–Crippen LogP) is 8.62. The number of alkyl halides is 2. The summed E-state index contributed by atoms with van der Waals surface area (Å²) in [6.45, 7) is 8.31. The number of nitrogens with zero attached hydrogens (tertiary/aromatic N) is 4. The number of nitrogens with one attached hydrogen (secondary N) is 2. The maximum Gasteiger partial charge on any atom is 0.410 e. The van der Waals surface area contributed by atoms with E-state index in [-0.39, 0.29) is 40.2 Å². The molecule has 53 heavy (non-hydrogen) atoms. The number of carbonyl (C=O) groups excluding carboxylic acids is 1. The van der Waals surface area contributed by atoms with Crippen LogP contribution in [0.4, 0.5) is 29.6 Å². The molecule has 1 fully saturated rings. The number of benzene rings is 3. The van der Waals surface area contributed by atoms with Crippen molar-refractivity contribution in [2.45, 2.75) is 64.4 Å². The normalized spacial score (nSPS) is 15.0. The number of anilines is 2. The van der Waals surface area contributed by atoms with Crippen molar-refractivity contribution in [1.29, 1.82) is 0 Å². The maximum atomic E-state index is 15.3. The van der Waals surface area contributed by atoms with E-state index < -0.39 is 33.6 Å². The van der Waals surface area contributed by atoms with Crippen LogP contribution < -0.4 is 14.8 Å². The van der Waals surface area contributed by atoms with Gasteiger partial charge in [0.1, 0.15) is 17.2 Å². The molecule has 278 valence electrons. The van der Waals surface area contributed by atoms with Gasteiger partial charge >= 0.3 is 6.09 Å². The maximum absolute atomic E-state index is 15.3. The molecule has 6 rings (SSSR count). The summed E-state index contributed by atoms with van der Waals surface area (Å²) < 4.78 is 81.9. The largest absolute Gasteiger partial charge is 0.444 e. The van der Waals surface area contributed by atoms with E-state index in [2.05, 4.69) is 20.0 Å². The van der Waals surface area contributed by atoms with Crippen LogP contribution in [0.25, 0.3) is 22.0 Å². The van der Waals surface area contributed by atoms with E-state index in [1.807, 2.05) is 20.8 Å². The SMILES string of the molecule is Cc1ccc2c(NS(=O)(=O)Cc3ccc(C(F)F)cc3)c(F)ccc2c1Oc1ncccc1-c1ccnc(N[C@H]2CCCN(C(=O)OC(C)(C)C)C2)n1. The minimum Gasteiger partial charge on any atom is -0.444 e. The number of hydrogen-bond donors (Lipinski definition) is 2. The van der Waals surface area contributed by atoms with Crippen molar-refractivity contribution in [2.24, 2.45) is 0 Å². The summed E-state index contributed by atoms with van der Waals surface area (Å²) in [6.07, 6.45) is 1.69. The zero-order valence-electron chi connectivity index (χ0n) is 29.6. The smallest absolute Gasteiger partial charge is 0.410 e. The van der Waals surface area contributed by atoms with Gasteiger partial charge in [0.05, 0.1) is 22.7 Å². The first kappa shape index (κ1) is 37.3. The zero-order valence-corrected chi connectivity index (χ0v) is 30.4. The predicted molar refractivity (Wildman–Crippen MR) is 196 cm³/mol. The first-order chi connectivity index (χ1) is 25.2. The van der Waals surface area contributed by atoms with Gasteiger partial charge in [-0.1, -0.05) is 36.4 Å². The molecule has 1 aliphatic heterocycles. The highest BCUT2D eigenvalue weighted by Crippen LogP contribution is 2.40. The molecular formula is C38H39F3N6O5S. The molecule has 1 aliphatic rings. The van der Waals surface area contributed by atoms with Gasteiger partial charge in [0.15, 0.2) is 0 Å². The van der Waals surface area contributed by atoms with Crippen LogP contribution in [0.1, 0.15) is 56.7 Å². The second kappa shape index (κ2) is 15.3. The first-order valence-electron chi connectivity index (χ1n) is 17.0. The Hall–Kier alpha value is -5.44. The van der Waals surface area contributed by atoms with Crippen LogP contribution in [0.5, 0.6) is 11.6 Å². The number of fused-ring (bicyclic) bond motifs is 1. The fourth-order valence-corrected chi connectivity index (χ4v) is 7.20. The van der Waals surface area contributed by atoms with E-state index in [1.54, 1.807) is 54.5 Å². The Bertz CT molecular complexity index is 2230. The van der Waals surface area contributed by atoms with Crippen LogP contribution in [0, 0.1) is 12.7 Å². The summed E-state index contributed by atoms with van der Waals surface area (Å²) in [4.78, 5) is 28.0. The van der Waals surface area contributed by atoms with Crippen molar-refractivity contribution >= 4 is 38.5 Å². The van der Waals surface area contributed by atoms with E-state index in [4.69, 9.17) is 14.5 Å². The van der Waals surface area contributed by atoms with Crippen LogP contribution in [0.2, 0.25) is 0 Å². The molecule has 5 aromatic rings. The molecule has 0 saturated carbocycles. The van der Waals surface area contributed by atoms with Gasteiger partial charge in [-0.25, -0.2) is 41.3 Å². The molecule has 0 aliphatic carbocycles. The number of halogens is 3. The Morgan fingerprint density at radius 1 is 1.00 bits per heavy atom. The number of aromatic nitrogens is 3. The molecule has 3 aromatic carbocycles. The summed E-state index contributed by atoms with van der Waals surface area (Å²) in [5.74, 6) is -0.498. The number of likely N-dealkylation sites (tertiary alicyclic amines) is 1. The molecule has 1 saturated heterocycles. The second-order valence-corrected chi connectivity index (χ2v) is 15.5. The molecule has 1 amide bonds. The lowest BCUT2D eigenvalue weighted by Gasteiger charge is -2.34. The van der Waals surface area contributed by atoms with Crippen molar-refractivity contribution in [3.63, 3.8) is 0 Å². The number of hydrogen-bond acceptors (Lipinski definition) is 9. The van der Waals surface area contributed by atoms with Gasteiger partial charge in [-0.2, -0.15) is 0 Å². The highest BCUT2D eigenvalue weighted by atomic mass is 32.2. The Morgan fingerprint density at radius 3 is 2.49 bits per heavy atom. The first-order valence-corrected chi connectivity index (χ1v) is 18.6. The lowest BCUT2D eigenvalue weighted by molar-refractivity contribution is 0.0206. The number of aryl methyl sites for hydroxylation is 1. The molecule has 0 bridgehead atoms. The van der Waals surface area contributed by atoms with E-state index in [0.29, 0.717) is 47.0 Å². The molecule has 11 nitrogen and oxygen atoms in total. The van der Waals surface area contributed by atoms with Gasteiger partial charge in [0.25, 0.3) is 6.43 Å². The number of sulfonamides is 1. The van der Waals surface area contributed by atoms with Gasteiger partial charge in [-0.15, -0.1) is 0 Å². The number of amides is 1. The van der Waals surface area contributed by atoms with Crippen molar-refractivity contribution in [2.75, 3.05) is 23.1 Å². The van der Waals surface area contributed by atoms with Crippen molar-refractivity contribution < 1.29 is 35.9 Å². The Labute approximate surface area is 305 Å². The fraction of sp³-hybridized carbons (Fsp3) is 0.316. The topological polar surface area (TPSA) is 136 Å². The Balaban J connectivity index is 1.24. The molecule has 2 aromatic heterocycles. The third-order valence-corrected chi connectivity index (χ3v) is 9.68. The fourth-order valence-electron chi connectivity index (χ4n) is 5.98. The molecule has 0 spiro atoms. The molecule has 0 unspecified atom stereocenters. The lowest BCUT2D eigenvalue weighted by atomic mass is 10.0. The number of ether oxygens (including phenoxy) is 2. The minimum atomic E-state index is -4.17. The summed E-state index contributed by atoms with van der Waals surface area (Å²) in [7, 11) is -4.17.